The number of nitrogens with zero attached hydrogens (tertiary/aromatic N) is 4. The predicted octanol–water partition coefficient (Wildman–Crippen LogP) is 3.50. The summed E-state index contributed by atoms with van der Waals surface area (Å²) in [6, 6.07) is 13.0. The first-order chi connectivity index (χ1) is 15.7. The van der Waals surface area contributed by atoms with E-state index in [4.69, 9.17) is 23.7 Å². The summed E-state index contributed by atoms with van der Waals surface area (Å²) in [6.45, 7) is 1.15. The molecular formula is C22H20N4O5S. The van der Waals surface area contributed by atoms with Gasteiger partial charge in [-0.25, -0.2) is 4.98 Å². The van der Waals surface area contributed by atoms with Crippen LogP contribution in [0.15, 0.2) is 56.9 Å². The fourth-order valence-electron chi connectivity index (χ4n) is 3.41. The minimum atomic E-state index is -0.137. The number of ether oxygens (including phenoxy) is 3. The van der Waals surface area contributed by atoms with Crippen molar-refractivity contribution in [3.05, 3.63) is 58.7 Å². The standard InChI is InChI=1S/C22H20N4O5S/c1-28-9-5-8-26-21(27)15-10-17-18(30-13-29-17)11-16(15)23-22(26)32-12-19-24-20(25-31-19)14-6-3-2-4-7-14/h2-4,6-7,10-11H,5,8-9,12-13H2,1H3. The van der Waals surface area contributed by atoms with Gasteiger partial charge in [0.1, 0.15) is 0 Å². The topological polar surface area (TPSA) is 102 Å². The van der Waals surface area contributed by atoms with E-state index in [9.17, 15) is 4.79 Å². The molecule has 0 N–H and O–H groups in total. The Kier molecular flexibility index (Phi) is 5.78. The SMILES string of the molecule is COCCCn1c(SCc2nc(-c3ccccc3)no2)nc2cc3c(cc2c1=O)OCO3. The van der Waals surface area contributed by atoms with Gasteiger partial charge in [0.25, 0.3) is 5.56 Å². The minimum Gasteiger partial charge on any atom is -0.454 e. The minimum absolute atomic E-state index is 0.135. The molecule has 0 amide bonds. The molecule has 9 nitrogen and oxygen atoms in total. The van der Waals surface area contributed by atoms with Gasteiger partial charge < -0.3 is 18.7 Å². The third-order valence-corrected chi connectivity index (χ3v) is 5.93. The van der Waals surface area contributed by atoms with Crippen LogP contribution in [0.4, 0.5) is 0 Å². The van der Waals surface area contributed by atoms with Crippen molar-refractivity contribution in [2.45, 2.75) is 23.9 Å². The molecule has 32 heavy (non-hydrogen) atoms. The summed E-state index contributed by atoms with van der Waals surface area (Å²) in [4.78, 5) is 22.5. The predicted molar refractivity (Wildman–Crippen MR) is 118 cm³/mol. The maximum Gasteiger partial charge on any atom is 0.262 e. The van der Waals surface area contributed by atoms with E-state index in [1.165, 1.54) is 11.8 Å². The monoisotopic (exact) mass is 452 g/mol. The Morgan fingerprint density at radius 2 is 1.94 bits per heavy atom. The molecule has 0 bridgehead atoms. The van der Waals surface area contributed by atoms with Crippen LogP contribution >= 0.6 is 11.8 Å². The highest BCUT2D eigenvalue weighted by molar-refractivity contribution is 7.98. The van der Waals surface area contributed by atoms with Gasteiger partial charge >= 0.3 is 0 Å². The molecule has 1 aliphatic rings. The molecule has 0 saturated heterocycles. The van der Waals surface area contributed by atoms with Gasteiger partial charge in [0.2, 0.25) is 18.5 Å². The highest BCUT2D eigenvalue weighted by atomic mass is 32.2. The molecule has 4 aromatic rings. The number of rotatable bonds is 8. The number of fused-ring (bicyclic) bond motifs is 2. The smallest absolute Gasteiger partial charge is 0.262 e. The van der Waals surface area contributed by atoms with Crippen LogP contribution in [0.25, 0.3) is 22.3 Å². The first-order valence-electron chi connectivity index (χ1n) is 10.1. The Bertz CT molecular complexity index is 1310. The van der Waals surface area contributed by atoms with Crippen molar-refractivity contribution < 1.29 is 18.7 Å². The number of hydrogen-bond acceptors (Lipinski definition) is 9. The van der Waals surface area contributed by atoms with E-state index in [-0.39, 0.29) is 12.4 Å². The highest BCUT2D eigenvalue weighted by Crippen LogP contribution is 2.35. The average molecular weight is 452 g/mol. The molecule has 1 aliphatic heterocycles. The molecule has 2 aromatic carbocycles. The van der Waals surface area contributed by atoms with Gasteiger partial charge in [0.15, 0.2) is 16.7 Å². The average Bonchev–Trinajstić information content (AvgIpc) is 3.48. The van der Waals surface area contributed by atoms with Gasteiger partial charge in [-0.3, -0.25) is 9.36 Å². The molecule has 2 aromatic heterocycles. The van der Waals surface area contributed by atoms with Crippen LogP contribution in [0.1, 0.15) is 12.3 Å². The molecule has 3 heterocycles. The number of thioether (sulfide) groups is 1. The van der Waals surface area contributed by atoms with E-state index in [1.807, 2.05) is 30.3 Å². The lowest BCUT2D eigenvalue weighted by molar-refractivity contribution is 0.174. The molecule has 0 atom stereocenters. The second kappa shape index (κ2) is 9.01. The van der Waals surface area contributed by atoms with Gasteiger partial charge in [-0.15, -0.1) is 0 Å². The fourth-order valence-corrected chi connectivity index (χ4v) is 4.27. The van der Waals surface area contributed by atoms with E-state index >= 15 is 0 Å². The van der Waals surface area contributed by atoms with E-state index in [2.05, 4.69) is 10.1 Å². The molecule has 0 unspecified atom stereocenters. The van der Waals surface area contributed by atoms with E-state index in [0.29, 0.717) is 64.6 Å². The summed E-state index contributed by atoms with van der Waals surface area (Å²) in [5.74, 6) is 2.50. The van der Waals surface area contributed by atoms with Gasteiger partial charge in [-0.05, 0) is 12.5 Å². The largest absolute Gasteiger partial charge is 0.454 e. The maximum absolute atomic E-state index is 13.3. The summed E-state index contributed by atoms with van der Waals surface area (Å²) in [5, 5.41) is 5.11. The summed E-state index contributed by atoms with van der Waals surface area (Å²) in [6.07, 6.45) is 0.681. The van der Waals surface area contributed by atoms with Gasteiger partial charge in [0.05, 0.1) is 16.7 Å². The lowest BCUT2D eigenvalue weighted by atomic mass is 10.2. The normalized spacial score (nSPS) is 12.5. The van der Waals surface area contributed by atoms with Gasteiger partial charge in [-0.2, -0.15) is 4.98 Å². The Balaban J connectivity index is 1.45. The molecule has 0 aliphatic carbocycles. The molecular weight excluding hydrogens is 432 g/mol. The third kappa shape index (κ3) is 4.06. The number of methoxy groups -OCH3 is 1. The molecule has 0 saturated carbocycles. The number of hydrogen-bond donors (Lipinski definition) is 0. The quantitative estimate of drug-likeness (QED) is 0.226. The van der Waals surface area contributed by atoms with Crippen molar-refractivity contribution in [3.63, 3.8) is 0 Å². The first kappa shape index (κ1) is 20.5. The second-order valence-electron chi connectivity index (χ2n) is 7.09. The van der Waals surface area contributed by atoms with Crippen LogP contribution in [-0.2, 0) is 17.0 Å². The second-order valence-corrected chi connectivity index (χ2v) is 8.03. The van der Waals surface area contributed by atoms with Crippen LogP contribution in [-0.4, -0.2) is 40.2 Å². The third-order valence-electron chi connectivity index (χ3n) is 4.97. The van der Waals surface area contributed by atoms with Crippen molar-refractivity contribution in [2.24, 2.45) is 0 Å². The van der Waals surface area contributed by atoms with Crippen LogP contribution < -0.4 is 15.0 Å². The van der Waals surface area contributed by atoms with Gasteiger partial charge in [-0.1, -0.05) is 47.3 Å². The Morgan fingerprint density at radius 3 is 2.75 bits per heavy atom. The van der Waals surface area contributed by atoms with Crippen LogP contribution in [0.2, 0.25) is 0 Å². The van der Waals surface area contributed by atoms with Crippen molar-refractivity contribution >= 4 is 22.7 Å². The van der Waals surface area contributed by atoms with Crippen molar-refractivity contribution in [1.29, 1.82) is 0 Å². The van der Waals surface area contributed by atoms with E-state index in [1.54, 1.807) is 23.8 Å². The Hall–Kier alpha value is -3.37. The Morgan fingerprint density at radius 1 is 1.12 bits per heavy atom. The molecule has 5 rings (SSSR count). The van der Waals surface area contributed by atoms with Crippen molar-refractivity contribution in [2.75, 3.05) is 20.5 Å². The lowest BCUT2D eigenvalue weighted by Crippen LogP contribution is -2.24. The zero-order valence-electron chi connectivity index (χ0n) is 17.3. The van der Waals surface area contributed by atoms with Crippen LogP contribution in [0, 0.1) is 0 Å². The lowest BCUT2D eigenvalue weighted by Gasteiger charge is -2.12. The molecule has 10 heteroatoms. The summed E-state index contributed by atoms with van der Waals surface area (Å²) >= 11 is 1.37. The van der Waals surface area contributed by atoms with Gasteiger partial charge in [0, 0.05) is 31.9 Å². The molecule has 0 spiro atoms. The molecule has 0 fully saturated rings. The number of aromatic nitrogens is 4. The molecule has 164 valence electrons. The van der Waals surface area contributed by atoms with E-state index in [0.717, 1.165) is 5.56 Å². The zero-order chi connectivity index (χ0) is 21.9. The summed E-state index contributed by atoms with van der Waals surface area (Å²) < 4.78 is 23.1. The maximum atomic E-state index is 13.3. The highest BCUT2D eigenvalue weighted by Gasteiger charge is 2.20. The first-order valence-corrected chi connectivity index (χ1v) is 11.1. The van der Waals surface area contributed by atoms with Crippen molar-refractivity contribution in [3.8, 4) is 22.9 Å². The zero-order valence-corrected chi connectivity index (χ0v) is 18.1. The Labute approximate surface area is 187 Å². The summed E-state index contributed by atoms with van der Waals surface area (Å²) in [5.41, 5.74) is 1.30. The summed E-state index contributed by atoms with van der Waals surface area (Å²) in [7, 11) is 1.64. The van der Waals surface area contributed by atoms with Crippen LogP contribution in [0.5, 0.6) is 11.5 Å². The van der Waals surface area contributed by atoms with E-state index < -0.39 is 0 Å². The van der Waals surface area contributed by atoms with Crippen LogP contribution in [0.3, 0.4) is 0 Å². The fraction of sp³-hybridized carbons (Fsp3) is 0.273. The van der Waals surface area contributed by atoms with Crippen molar-refractivity contribution in [1.82, 2.24) is 19.7 Å². The number of benzene rings is 2. The molecule has 0 radical (unpaired) electrons.